The summed E-state index contributed by atoms with van der Waals surface area (Å²) >= 11 is 0. The fraction of sp³-hybridized carbons (Fsp3) is 0.186. The molecule has 0 bridgehead atoms. The van der Waals surface area contributed by atoms with Crippen LogP contribution in [0.5, 0.6) is 0 Å². The van der Waals surface area contributed by atoms with Gasteiger partial charge in [-0.05, 0) is 121 Å². The summed E-state index contributed by atoms with van der Waals surface area (Å²) in [6.07, 6.45) is 2.34. The molecule has 0 atom stereocenters. The molecule has 1 aliphatic carbocycles. The van der Waals surface area contributed by atoms with Gasteiger partial charge in [-0.1, -0.05) is 163 Å². The zero-order chi connectivity index (χ0) is 42.6. The smallest absolute Gasteiger partial charge is 0.333 e. The summed E-state index contributed by atoms with van der Waals surface area (Å²) < 4.78 is 7.00. The zero-order valence-electron chi connectivity index (χ0n) is 36.9. The fourth-order valence-electron chi connectivity index (χ4n) is 12.0. The van der Waals surface area contributed by atoms with Crippen LogP contribution in [0.4, 0.5) is 28.4 Å². The van der Waals surface area contributed by atoms with Gasteiger partial charge in [0.15, 0.2) is 0 Å². The normalized spacial score (nSPS) is 16.9. The molecule has 0 unspecified atom stereocenters. The molecule has 4 heteroatoms. The lowest BCUT2D eigenvalue weighted by atomic mass is 9.42. The highest BCUT2D eigenvalue weighted by atomic mass is 16.3. The van der Waals surface area contributed by atoms with Crippen LogP contribution in [0.1, 0.15) is 76.6 Å². The van der Waals surface area contributed by atoms with E-state index in [1.807, 2.05) is 0 Å². The average molecular weight is 813 g/mol. The highest BCUT2D eigenvalue weighted by Gasteiger charge is 2.51. The second-order valence-corrected chi connectivity index (χ2v) is 20.3. The number of rotatable bonds is 3. The molecule has 0 spiro atoms. The average Bonchev–Trinajstić information content (AvgIpc) is 3.68. The quantitative estimate of drug-likeness (QED) is 0.166. The first-order valence-corrected chi connectivity index (χ1v) is 22.8. The summed E-state index contributed by atoms with van der Waals surface area (Å²) in [6.45, 7) is 14.6. The lowest BCUT2D eigenvalue weighted by Crippen LogP contribution is -2.62. The van der Waals surface area contributed by atoms with E-state index >= 15 is 0 Å². The number of benzene rings is 8. The molecule has 0 amide bonds. The van der Waals surface area contributed by atoms with Crippen LogP contribution in [0.3, 0.4) is 0 Å². The summed E-state index contributed by atoms with van der Waals surface area (Å²) in [4.78, 5) is 5.32. The van der Waals surface area contributed by atoms with Crippen LogP contribution in [0.2, 0.25) is 0 Å². The minimum atomic E-state index is -0.247. The van der Waals surface area contributed by atoms with E-state index in [9.17, 15) is 0 Å². The van der Waals surface area contributed by atoms with E-state index in [0.29, 0.717) is 0 Å². The van der Waals surface area contributed by atoms with Crippen LogP contribution < -0.4 is 20.6 Å². The van der Waals surface area contributed by atoms with Gasteiger partial charge in [0.2, 0.25) is 0 Å². The molecule has 0 saturated carbocycles. The number of anilines is 5. The molecule has 304 valence electrons. The molecule has 0 N–H and O–H groups in total. The number of furan rings is 1. The zero-order valence-corrected chi connectivity index (χ0v) is 36.9. The monoisotopic (exact) mass is 812 g/mol. The molecule has 9 aromatic rings. The van der Waals surface area contributed by atoms with Gasteiger partial charge in [0, 0.05) is 50.6 Å². The van der Waals surface area contributed by atoms with Gasteiger partial charge >= 0.3 is 6.85 Å². The van der Waals surface area contributed by atoms with Crippen molar-refractivity contribution in [3.63, 3.8) is 0 Å². The fourth-order valence-corrected chi connectivity index (χ4v) is 12.0. The lowest BCUT2D eigenvalue weighted by Gasteiger charge is -2.51. The van der Waals surface area contributed by atoms with Gasteiger partial charge in [-0.2, -0.15) is 0 Å². The predicted octanol–water partition coefficient (Wildman–Crippen LogP) is 14.6. The van der Waals surface area contributed by atoms with Crippen LogP contribution in [0, 0.1) is 0 Å². The first-order chi connectivity index (χ1) is 30.5. The first-order valence-electron chi connectivity index (χ1n) is 22.8. The second-order valence-electron chi connectivity index (χ2n) is 20.3. The third-order valence-electron chi connectivity index (χ3n) is 15.5. The van der Waals surface area contributed by atoms with Crippen molar-refractivity contribution in [3.8, 4) is 33.4 Å². The largest absolute Gasteiger partial charge is 0.456 e. The number of fused-ring (bicyclic) bond motifs is 11. The summed E-state index contributed by atoms with van der Waals surface area (Å²) in [5.74, 6) is 0. The van der Waals surface area contributed by atoms with Crippen molar-refractivity contribution >= 4 is 68.1 Å². The van der Waals surface area contributed by atoms with Gasteiger partial charge < -0.3 is 14.1 Å². The van der Waals surface area contributed by atoms with Crippen molar-refractivity contribution in [3.05, 3.63) is 186 Å². The molecule has 3 aliphatic heterocycles. The van der Waals surface area contributed by atoms with Gasteiger partial charge in [0.05, 0.1) is 5.69 Å². The predicted molar refractivity (Wildman–Crippen MR) is 266 cm³/mol. The molecule has 63 heavy (non-hydrogen) atoms. The molecule has 8 aromatic carbocycles. The Bertz CT molecular complexity index is 3390. The molecular formula is C59H49BN2O. The maximum Gasteiger partial charge on any atom is 0.333 e. The highest BCUT2D eigenvalue weighted by molar-refractivity contribution is 6.94. The number of hydrogen-bond donors (Lipinski definition) is 0. The van der Waals surface area contributed by atoms with Crippen molar-refractivity contribution in [2.45, 2.75) is 70.6 Å². The molecule has 0 saturated heterocycles. The van der Waals surface area contributed by atoms with E-state index < -0.39 is 0 Å². The first kappa shape index (κ1) is 36.8. The molecule has 4 heterocycles. The van der Waals surface area contributed by atoms with Crippen LogP contribution in [0.25, 0.3) is 55.3 Å². The van der Waals surface area contributed by atoms with Crippen LogP contribution in [-0.4, -0.2) is 6.85 Å². The van der Waals surface area contributed by atoms with Gasteiger partial charge in [0.25, 0.3) is 0 Å². The molecule has 13 rings (SSSR count). The Morgan fingerprint density at radius 2 is 1.14 bits per heavy atom. The van der Waals surface area contributed by atoms with E-state index in [4.69, 9.17) is 4.42 Å². The van der Waals surface area contributed by atoms with E-state index in [0.717, 1.165) is 23.0 Å². The van der Waals surface area contributed by atoms with Crippen molar-refractivity contribution in [1.82, 2.24) is 0 Å². The Kier molecular flexibility index (Phi) is 7.41. The second kappa shape index (κ2) is 12.7. The number of nitrogens with zero attached hydrogens (tertiary/aromatic N) is 2. The maximum atomic E-state index is 7.00. The summed E-state index contributed by atoms with van der Waals surface area (Å²) in [5.41, 5.74) is 23.6. The molecule has 0 radical (unpaired) electrons. The standard InChI is InChI=1S/C59H49BN2O/c1-57(2)29-30-58(3,4)45-34-49-46(33-44(45)57)59(5,6)43-24-16-25-47-56(43)61(49)50-35-52-53(41-23-13-14-26-51(41)63-52)54-42-32-39(37-19-11-8-12-20-37)27-28-48(42)62(60(47)55(50)54)40-22-15-21-38(31-40)36-17-9-7-10-18-36/h7-28,31-35H,29-30H2,1-6H3. The molecular weight excluding hydrogens is 763 g/mol. The minimum Gasteiger partial charge on any atom is -0.456 e. The number of para-hydroxylation sites is 2. The Balaban J connectivity index is 1.19. The molecule has 0 fully saturated rings. The minimum absolute atomic E-state index is 0.0532. The lowest BCUT2D eigenvalue weighted by molar-refractivity contribution is 0.331. The SMILES string of the molecule is CC1(C)CCC(C)(C)c2cc3c(cc21)N1c2cc4oc5ccccc5c4c4c2B(c2cccc(c21)C3(C)C)N(c1cccc(-c2ccccc2)c1)c1ccc(-c2ccccc2)cc1-4. The Hall–Kier alpha value is -6.78. The van der Waals surface area contributed by atoms with Gasteiger partial charge in [-0.25, -0.2) is 0 Å². The van der Waals surface area contributed by atoms with Crippen LogP contribution in [0.15, 0.2) is 168 Å². The third kappa shape index (κ3) is 5.04. The summed E-state index contributed by atoms with van der Waals surface area (Å²) in [7, 11) is 0. The summed E-state index contributed by atoms with van der Waals surface area (Å²) in [6, 6.07) is 61.4. The van der Waals surface area contributed by atoms with E-state index in [1.54, 1.807) is 0 Å². The van der Waals surface area contributed by atoms with Crippen LogP contribution >= 0.6 is 0 Å². The summed E-state index contributed by atoms with van der Waals surface area (Å²) in [5, 5.41) is 2.33. The van der Waals surface area contributed by atoms with E-state index in [-0.39, 0.29) is 23.1 Å². The van der Waals surface area contributed by atoms with Gasteiger partial charge in [0.1, 0.15) is 11.2 Å². The van der Waals surface area contributed by atoms with E-state index in [2.05, 4.69) is 215 Å². The van der Waals surface area contributed by atoms with Gasteiger partial charge in [-0.15, -0.1) is 0 Å². The Labute approximate surface area is 370 Å². The molecule has 4 aliphatic rings. The van der Waals surface area contributed by atoms with Crippen molar-refractivity contribution < 1.29 is 4.42 Å². The van der Waals surface area contributed by atoms with Crippen molar-refractivity contribution in [1.29, 1.82) is 0 Å². The number of hydrogen-bond acceptors (Lipinski definition) is 3. The van der Waals surface area contributed by atoms with Crippen molar-refractivity contribution in [2.75, 3.05) is 9.71 Å². The van der Waals surface area contributed by atoms with Gasteiger partial charge in [-0.3, -0.25) is 0 Å². The third-order valence-corrected chi connectivity index (χ3v) is 15.5. The van der Waals surface area contributed by atoms with Crippen molar-refractivity contribution in [2.24, 2.45) is 0 Å². The molecule has 3 nitrogen and oxygen atoms in total. The topological polar surface area (TPSA) is 19.6 Å². The Morgan fingerprint density at radius 1 is 0.492 bits per heavy atom. The highest BCUT2D eigenvalue weighted by Crippen LogP contribution is 2.59. The molecule has 1 aromatic heterocycles. The van der Waals surface area contributed by atoms with Crippen LogP contribution in [-0.2, 0) is 16.2 Å². The Morgan fingerprint density at radius 3 is 1.89 bits per heavy atom. The van der Waals surface area contributed by atoms with E-state index in [1.165, 1.54) is 107 Å². The maximum absolute atomic E-state index is 7.00.